The number of carbonyl (C=O) groups excluding carboxylic acids is 2. The van der Waals surface area contributed by atoms with Crippen molar-refractivity contribution >= 4 is 11.9 Å². The molecule has 0 saturated heterocycles. The first-order valence-corrected chi connectivity index (χ1v) is 17.8. The van der Waals surface area contributed by atoms with Gasteiger partial charge in [-0.05, 0) is 96.8 Å². The van der Waals surface area contributed by atoms with Gasteiger partial charge in [-0.15, -0.1) is 0 Å². The summed E-state index contributed by atoms with van der Waals surface area (Å²) >= 11 is 0. The first-order valence-electron chi connectivity index (χ1n) is 17.8. The maximum Gasteiger partial charge on any atom is 0.343 e. The maximum atomic E-state index is 12.9. The van der Waals surface area contributed by atoms with Crippen molar-refractivity contribution in [2.45, 2.75) is 36.5 Å². The Balaban J connectivity index is 0.767. The molecule has 4 N–H and O–H groups in total. The molecule has 4 atom stereocenters. The average molecular weight is 717 g/mol. The van der Waals surface area contributed by atoms with E-state index in [1.54, 1.807) is 72.8 Å². The molecule has 10 nitrogen and oxygen atoms in total. The van der Waals surface area contributed by atoms with Gasteiger partial charge < -0.3 is 29.9 Å². The standard InChI is InChI=1S/C44H32N2O8/c47-39-35-27-1-2-28(21-27)36(35)40(48)45(39)31-13-5-25(6-14-31)43(51)53-33-17-9-23(10-18-33)24-11-19-34(20-12-24)54-44(52)26-7-15-32(16-8-26)46-41(49)37-29-3-4-30(22-29)38(37)42(46)50/h1-20,27-30,47-50H,21-22H2. The molecule has 266 valence electrons. The van der Waals surface area contributed by atoms with Crippen molar-refractivity contribution in [2.75, 3.05) is 0 Å². The van der Waals surface area contributed by atoms with Crippen molar-refractivity contribution in [3.05, 3.63) is 155 Å². The summed E-state index contributed by atoms with van der Waals surface area (Å²) in [6.45, 7) is 0. The number of carbonyl (C=O) groups is 2. The van der Waals surface area contributed by atoms with Crippen molar-refractivity contribution in [1.82, 2.24) is 9.13 Å². The topological polar surface area (TPSA) is 143 Å². The fourth-order valence-corrected chi connectivity index (χ4v) is 8.63. The number of esters is 2. The highest BCUT2D eigenvalue weighted by Crippen LogP contribution is 2.58. The quantitative estimate of drug-likeness (QED) is 0.0732. The highest BCUT2D eigenvalue weighted by molar-refractivity contribution is 5.92. The second-order valence-corrected chi connectivity index (χ2v) is 14.2. The van der Waals surface area contributed by atoms with Crippen LogP contribution < -0.4 is 9.47 Å². The summed E-state index contributed by atoms with van der Waals surface area (Å²) in [5.74, 6) is 0.171. The highest BCUT2D eigenvalue weighted by atomic mass is 16.5. The number of fused-ring (bicyclic) bond motifs is 10. The van der Waals surface area contributed by atoms with Crippen LogP contribution >= 0.6 is 0 Å². The minimum Gasteiger partial charge on any atom is -0.494 e. The van der Waals surface area contributed by atoms with E-state index < -0.39 is 11.9 Å². The number of allylic oxidation sites excluding steroid dienone is 4. The van der Waals surface area contributed by atoms with E-state index in [0.717, 1.165) is 46.2 Å². The number of nitrogens with zero attached hydrogens (tertiary/aromatic N) is 2. The monoisotopic (exact) mass is 716 g/mol. The fraction of sp³-hybridized carbons (Fsp3) is 0.136. The number of rotatable bonds is 7. The Kier molecular flexibility index (Phi) is 6.94. The Morgan fingerprint density at radius 1 is 0.444 bits per heavy atom. The van der Waals surface area contributed by atoms with Gasteiger partial charge in [-0.25, -0.2) is 9.59 Å². The molecule has 4 unspecified atom stereocenters. The number of benzene rings is 4. The Bertz CT molecular complexity index is 2320. The van der Waals surface area contributed by atoms with Gasteiger partial charge in [0.1, 0.15) is 11.5 Å². The summed E-state index contributed by atoms with van der Waals surface area (Å²) in [6.07, 6.45) is 10.0. The third-order valence-electron chi connectivity index (χ3n) is 11.2. The summed E-state index contributed by atoms with van der Waals surface area (Å²) in [4.78, 5) is 25.9. The van der Waals surface area contributed by atoms with Gasteiger partial charge in [0.15, 0.2) is 0 Å². The normalized spacial score (nSPS) is 19.6. The molecule has 4 bridgehead atoms. The lowest BCUT2D eigenvalue weighted by Gasteiger charge is -2.11. The molecule has 10 rings (SSSR count). The Morgan fingerprint density at radius 2 is 0.741 bits per heavy atom. The molecule has 10 heteroatoms. The lowest BCUT2D eigenvalue weighted by atomic mass is 10.0. The van der Waals surface area contributed by atoms with Crippen LogP contribution in [0, 0.1) is 0 Å². The Labute approximate surface area is 308 Å². The molecular weight excluding hydrogens is 684 g/mol. The lowest BCUT2D eigenvalue weighted by molar-refractivity contribution is 0.0725. The van der Waals surface area contributed by atoms with Crippen LogP contribution in [0.15, 0.2) is 121 Å². The van der Waals surface area contributed by atoms with Gasteiger partial charge in [0.2, 0.25) is 23.5 Å². The molecule has 4 aromatic carbocycles. The van der Waals surface area contributed by atoms with Crippen molar-refractivity contribution in [2.24, 2.45) is 0 Å². The van der Waals surface area contributed by atoms with Crippen LogP contribution in [-0.2, 0) is 0 Å². The van der Waals surface area contributed by atoms with Gasteiger partial charge in [-0.2, -0.15) is 0 Å². The number of aromatic nitrogens is 2. The van der Waals surface area contributed by atoms with Gasteiger partial charge in [-0.1, -0.05) is 48.6 Å². The van der Waals surface area contributed by atoms with Crippen LogP contribution in [0.2, 0.25) is 0 Å². The van der Waals surface area contributed by atoms with Gasteiger partial charge in [0.05, 0.1) is 22.5 Å². The summed E-state index contributed by atoms with van der Waals surface area (Å²) in [5, 5.41) is 43.6. The van der Waals surface area contributed by atoms with Crippen LogP contribution in [-0.4, -0.2) is 41.5 Å². The van der Waals surface area contributed by atoms with E-state index in [4.69, 9.17) is 9.47 Å². The third-order valence-corrected chi connectivity index (χ3v) is 11.2. The van der Waals surface area contributed by atoms with Crippen LogP contribution in [0.3, 0.4) is 0 Å². The van der Waals surface area contributed by atoms with E-state index in [0.29, 0.717) is 34.0 Å². The molecule has 2 heterocycles. The van der Waals surface area contributed by atoms with E-state index >= 15 is 0 Å². The lowest BCUT2D eigenvalue weighted by Crippen LogP contribution is -2.08. The molecule has 0 amide bonds. The molecule has 4 aliphatic rings. The molecule has 6 aromatic rings. The fourth-order valence-electron chi connectivity index (χ4n) is 8.63. The Hall–Kier alpha value is -6.94. The van der Waals surface area contributed by atoms with Crippen LogP contribution in [0.25, 0.3) is 22.5 Å². The van der Waals surface area contributed by atoms with E-state index in [-0.39, 0.29) is 47.2 Å². The van der Waals surface area contributed by atoms with Gasteiger partial charge in [-0.3, -0.25) is 9.13 Å². The van der Waals surface area contributed by atoms with E-state index in [9.17, 15) is 30.0 Å². The minimum atomic E-state index is -0.547. The third kappa shape index (κ3) is 4.80. The molecule has 0 aliphatic heterocycles. The average Bonchev–Trinajstić information content (AvgIpc) is 4.06. The minimum absolute atomic E-state index is 0.0259. The van der Waals surface area contributed by atoms with Crippen molar-refractivity contribution < 1.29 is 39.5 Å². The number of hydrogen-bond acceptors (Lipinski definition) is 8. The molecule has 0 spiro atoms. The zero-order valence-corrected chi connectivity index (χ0v) is 28.6. The zero-order chi connectivity index (χ0) is 36.8. The second kappa shape index (κ2) is 11.8. The highest BCUT2D eigenvalue weighted by Gasteiger charge is 2.42. The molecule has 0 fully saturated rings. The number of hydrogen-bond donors (Lipinski definition) is 4. The van der Waals surface area contributed by atoms with Gasteiger partial charge in [0.25, 0.3) is 0 Å². The van der Waals surface area contributed by atoms with Crippen LogP contribution in [0.1, 0.15) is 79.5 Å². The van der Waals surface area contributed by atoms with Gasteiger partial charge in [0, 0.05) is 45.9 Å². The summed E-state index contributed by atoms with van der Waals surface area (Å²) in [6, 6.07) is 27.1. The van der Waals surface area contributed by atoms with E-state index in [2.05, 4.69) is 24.3 Å². The maximum absolute atomic E-state index is 12.9. The molecule has 54 heavy (non-hydrogen) atoms. The molecule has 4 aliphatic carbocycles. The first-order chi connectivity index (χ1) is 26.2. The summed E-state index contributed by atoms with van der Waals surface area (Å²) in [7, 11) is 0. The van der Waals surface area contributed by atoms with Crippen LogP contribution in [0.4, 0.5) is 0 Å². The largest absolute Gasteiger partial charge is 0.494 e. The number of ether oxygens (including phenoxy) is 2. The predicted octanol–water partition coefficient (Wildman–Crippen LogP) is 8.48. The summed E-state index contributed by atoms with van der Waals surface area (Å²) < 4.78 is 14.0. The molecule has 0 saturated carbocycles. The van der Waals surface area contributed by atoms with E-state index in [1.165, 1.54) is 9.13 Å². The first kappa shape index (κ1) is 31.8. The van der Waals surface area contributed by atoms with Crippen molar-refractivity contribution in [1.29, 1.82) is 0 Å². The van der Waals surface area contributed by atoms with Crippen molar-refractivity contribution in [3.63, 3.8) is 0 Å². The van der Waals surface area contributed by atoms with E-state index in [1.807, 2.05) is 24.3 Å². The zero-order valence-electron chi connectivity index (χ0n) is 28.6. The van der Waals surface area contributed by atoms with Crippen LogP contribution in [0.5, 0.6) is 35.0 Å². The summed E-state index contributed by atoms with van der Waals surface area (Å²) in [5.41, 5.74) is 6.53. The predicted molar refractivity (Wildman–Crippen MR) is 198 cm³/mol. The SMILES string of the molecule is O=C(Oc1ccc(-c2ccc(OC(=O)c3ccc(-n4c(O)c5c(c4O)C4C=CC5C4)cc3)cc2)cc1)c1ccc(-n2c(O)c3c(c2O)C2C=CC3C2)cc1. The molecule has 0 radical (unpaired) electrons. The molecular formula is C44H32N2O8. The Morgan fingerprint density at radius 3 is 1.04 bits per heavy atom. The number of aromatic hydroxyl groups is 4. The molecule has 2 aromatic heterocycles. The smallest absolute Gasteiger partial charge is 0.343 e. The van der Waals surface area contributed by atoms with Crippen molar-refractivity contribution in [3.8, 4) is 57.5 Å². The van der Waals surface area contributed by atoms with Gasteiger partial charge >= 0.3 is 11.9 Å². The second-order valence-electron chi connectivity index (χ2n) is 14.2.